The summed E-state index contributed by atoms with van der Waals surface area (Å²) in [5, 5.41) is 3.83. The maximum absolute atomic E-state index is 12.1. The molecule has 2 aromatic heterocycles. The predicted octanol–water partition coefficient (Wildman–Crippen LogP) is 3.62. The number of carbonyl (C=O) groups is 1. The van der Waals surface area contributed by atoms with Gasteiger partial charge in [0.05, 0.1) is 5.52 Å². The summed E-state index contributed by atoms with van der Waals surface area (Å²) in [6, 6.07) is 8.83. The highest BCUT2D eigenvalue weighted by Crippen LogP contribution is 2.28. The number of pyridine rings is 1. The molecule has 4 rings (SSSR count). The molecule has 0 radical (unpaired) electrons. The van der Waals surface area contributed by atoms with E-state index in [2.05, 4.69) is 26.2 Å². The Hall–Kier alpha value is -2.34. The number of halogens is 1. The molecule has 116 valence electrons. The van der Waals surface area contributed by atoms with Crippen LogP contribution in [0, 0.1) is 0 Å². The number of amides is 1. The topological polar surface area (TPSA) is 75.1 Å². The first-order valence-electron chi connectivity index (χ1n) is 7.36. The second-order valence-electron chi connectivity index (χ2n) is 5.58. The summed E-state index contributed by atoms with van der Waals surface area (Å²) in [6.45, 7) is 0. The molecule has 6 heteroatoms. The number of nitrogens with one attached hydrogen (secondary N) is 2. The predicted molar refractivity (Wildman–Crippen MR) is 91.0 cm³/mol. The zero-order valence-electron chi connectivity index (χ0n) is 12.1. The van der Waals surface area contributed by atoms with Gasteiger partial charge in [-0.25, -0.2) is 0 Å². The summed E-state index contributed by atoms with van der Waals surface area (Å²) < 4.78 is 5.73. The number of H-pyrrole nitrogens is 1. The molecule has 0 aliphatic heterocycles. The molecule has 0 bridgehead atoms. The van der Waals surface area contributed by atoms with Gasteiger partial charge in [0, 0.05) is 16.6 Å². The van der Waals surface area contributed by atoms with Gasteiger partial charge in [-0.2, -0.15) is 0 Å². The van der Waals surface area contributed by atoms with Crippen LogP contribution in [0.1, 0.15) is 28.1 Å². The van der Waals surface area contributed by atoms with Crippen LogP contribution in [0.2, 0.25) is 0 Å². The van der Waals surface area contributed by atoms with Gasteiger partial charge in [-0.1, -0.05) is 6.07 Å². The molecule has 5 nitrogen and oxygen atoms in total. The van der Waals surface area contributed by atoms with E-state index < -0.39 is 0 Å². The Morgan fingerprint density at radius 2 is 2.00 bits per heavy atom. The van der Waals surface area contributed by atoms with E-state index in [0.29, 0.717) is 10.4 Å². The lowest BCUT2D eigenvalue weighted by Gasteiger charge is -2.08. The molecule has 23 heavy (non-hydrogen) atoms. The van der Waals surface area contributed by atoms with Crippen LogP contribution in [0.5, 0.6) is 0 Å². The normalized spacial score (nSPS) is 13.3. The number of benzene rings is 1. The number of fused-ring (bicyclic) bond motifs is 3. The highest BCUT2D eigenvalue weighted by Gasteiger charge is 2.18. The number of aromatic amines is 1. The minimum atomic E-state index is -0.335. The average molecular weight is 373 g/mol. The second-order valence-corrected chi connectivity index (χ2v) is 6.36. The van der Waals surface area contributed by atoms with Crippen molar-refractivity contribution in [3.8, 4) is 0 Å². The van der Waals surface area contributed by atoms with Gasteiger partial charge in [0.15, 0.2) is 10.4 Å². The Morgan fingerprint density at radius 1 is 1.17 bits per heavy atom. The summed E-state index contributed by atoms with van der Waals surface area (Å²) in [5.74, 6) is -0.113. The van der Waals surface area contributed by atoms with Crippen molar-refractivity contribution in [1.82, 2.24) is 4.98 Å². The Balaban J connectivity index is 1.71. The average Bonchev–Trinajstić information content (AvgIpc) is 3.16. The molecule has 1 aromatic carbocycles. The number of aryl methyl sites for hydroxylation is 1. The van der Waals surface area contributed by atoms with E-state index in [9.17, 15) is 9.59 Å². The van der Waals surface area contributed by atoms with Gasteiger partial charge in [0.2, 0.25) is 0 Å². The molecule has 0 unspecified atom stereocenters. The maximum atomic E-state index is 12.1. The summed E-state index contributed by atoms with van der Waals surface area (Å²) in [5.41, 5.74) is 3.37. The molecular formula is C17H13BrN2O3. The molecule has 1 aliphatic rings. The van der Waals surface area contributed by atoms with Crippen molar-refractivity contribution in [3.05, 3.63) is 62.2 Å². The standard InChI is InChI=1S/C17H13BrN2O3/c18-15-7-6-14(23-15)17(22)19-9-4-5-11-10-2-1-3-12(10)16(21)20-13(11)8-9/h4-8H,1-3H2,(H,19,22)(H,20,21). The fourth-order valence-electron chi connectivity index (χ4n) is 3.11. The lowest BCUT2D eigenvalue weighted by Crippen LogP contribution is -2.13. The van der Waals surface area contributed by atoms with Crippen LogP contribution in [0.3, 0.4) is 0 Å². The molecule has 2 heterocycles. The number of hydrogen-bond donors (Lipinski definition) is 2. The van der Waals surface area contributed by atoms with Gasteiger partial charge in [-0.05, 0) is 65.0 Å². The molecule has 0 spiro atoms. The summed E-state index contributed by atoms with van der Waals surface area (Å²) >= 11 is 3.17. The van der Waals surface area contributed by atoms with Crippen molar-refractivity contribution in [1.29, 1.82) is 0 Å². The van der Waals surface area contributed by atoms with Gasteiger partial charge in [-0.3, -0.25) is 9.59 Å². The molecule has 1 amide bonds. The van der Waals surface area contributed by atoms with Crippen LogP contribution in [0.25, 0.3) is 10.9 Å². The van der Waals surface area contributed by atoms with Gasteiger partial charge in [-0.15, -0.1) is 0 Å². The van der Waals surface area contributed by atoms with Gasteiger partial charge in [0.1, 0.15) is 0 Å². The molecule has 0 atom stereocenters. The SMILES string of the molecule is O=C(Nc1ccc2c3c(c(=O)[nH]c2c1)CCC3)c1ccc(Br)o1. The number of carbonyl (C=O) groups excluding carboxylic acids is 1. The summed E-state index contributed by atoms with van der Waals surface area (Å²) in [6.07, 6.45) is 2.79. The third-order valence-corrected chi connectivity index (χ3v) is 4.57. The van der Waals surface area contributed by atoms with Crippen molar-refractivity contribution in [3.63, 3.8) is 0 Å². The largest absolute Gasteiger partial charge is 0.444 e. The van der Waals surface area contributed by atoms with Crippen LogP contribution in [0.15, 0.2) is 44.2 Å². The fourth-order valence-corrected chi connectivity index (χ4v) is 3.41. The number of rotatable bonds is 2. The van der Waals surface area contributed by atoms with Crippen molar-refractivity contribution < 1.29 is 9.21 Å². The number of furan rings is 1. The van der Waals surface area contributed by atoms with Crippen molar-refractivity contribution in [2.24, 2.45) is 0 Å². The summed E-state index contributed by atoms with van der Waals surface area (Å²) in [7, 11) is 0. The molecule has 0 saturated carbocycles. The van der Waals surface area contributed by atoms with E-state index >= 15 is 0 Å². The third kappa shape index (κ3) is 2.49. The number of aromatic nitrogens is 1. The van der Waals surface area contributed by atoms with Crippen LogP contribution in [0.4, 0.5) is 5.69 Å². The second kappa shape index (κ2) is 5.38. The molecule has 0 fully saturated rings. The molecule has 0 saturated heterocycles. The Kier molecular flexibility index (Phi) is 3.34. The smallest absolute Gasteiger partial charge is 0.291 e. The van der Waals surface area contributed by atoms with Crippen molar-refractivity contribution >= 4 is 38.4 Å². The molecule has 2 N–H and O–H groups in total. The van der Waals surface area contributed by atoms with Gasteiger partial charge in [0.25, 0.3) is 11.5 Å². The zero-order chi connectivity index (χ0) is 16.0. The Bertz CT molecular complexity index is 987. The van der Waals surface area contributed by atoms with Crippen LogP contribution < -0.4 is 10.9 Å². The Labute approximate surface area is 139 Å². The highest BCUT2D eigenvalue weighted by atomic mass is 79.9. The molecular weight excluding hydrogens is 360 g/mol. The Morgan fingerprint density at radius 3 is 2.78 bits per heavy atom. The van der Waals surface area contributed by atoms with Crippen LogP contribution >= 0.6 is 15.9 Å². The van der Waals surface area contributed by atoms with E-state index in [1.165, 1.54) is 0 Å². The maximum Gasteiger partial charge on any atom is 0.291 e. The van der Waals surface area contributed by atoms with Gasteiger partial charge >= 0.3 is 0 Å². The van der Waals surface area contributed by atoms with Crippen LogP contribution in [-0.4, -0.2) is 10.9 Å². The lowest BCUT2D eigenvalue weighted by molar-refractivity contribution is 0.0995. The van der Waals surface area contributed by atoms with E-state index in [1.807, 2.05) is 12.1 Å². The summed E-state index contributed by atoms with van der Waals surface area (Å²) in [4.78, 5) is 27.1. The fraction of sp³-hybridized carbons (Fsp3) is 0.176. The minimum Gasteiger partial charge on any atom is -0.444 e. The first kappa shape index (κ1) is 14.3. The zero-order valence-corrected chi connectivity index (χ0v) is 13.7. The third-order valence-electron chi connectivity index (χ3n) is 4.14. The first-order valence-corrected chi connectivity index (χ1v) is 8.15. The van der Waals surface area contributed by atoms with Crippen molar-refractivity contribution in [2.75, 3.05) is 5.32 Å². The van der Waals surface area contributed by atoms with Crippen LogP contribution in [-0.2, 0) is 12.8 Å². The van der Waals surface area contributed by atoms with E-state index in [0.717, 1.165) is 41.3 Å². The number of hydrogen-bond acceptors (Lipinski definition) is 3. The molecule has 3 aromatic rings. The van der Waals surface area contributed by atoms with E-state index in [4.69, 9.17) is 4.42 Å². The van der Waals surface area contributed by atoms with Gasteiger partial charge < -0.3 is 14.7 Å². The minimum absolute atomic E-state index is 0.0246. The van der Waals surface area contributed by atoms with Crippen molar-refractivity contribution in [2.45, 2.75) is 19.3 Å². The van der Waals surface area contributed by atoms with E-state index in [1.54, 1.807) is 18.2 Å². The molecule has 1 aliphatic carbocycles. The monoisotopic (exact) mass is 372 g/mol. The lowest BCUT2D eigenvalue weighted by atomic mass is 10.1. The quantitative estimate of drug-likeness (QED) is 0.721. The highest BCUT2D eigenvalue weighted by molar-refractivity contribution is 9.10. The van der Waals surface area contributed by atoms with E-state index in [-0.39, 0.29) is 17.2 Å². The first-order chi connectivity index (χ1) is 11.1. The number of anilines is 1.